The minimum Gasteiger partial charge on any atom is -0.437 e. The van der Waals surface area contributed by atoms with Crippen molar-refractivity contribution in [2.45, 2.75) is 6.92 Å². The van der Waals surface area contributed by atoms with Crippen LogP contribution < -0.4 is 16.2 Å². The third-order valence-electron chi connectivity index (χ3n) is 2.28. The van der Waals surface area contributed by atoms with Gasteiger partial charge in [-0.3, -0.25) is 9.78 Å². The summed E-state index contributed by atoms with van der Waals surface area (Å²) in [5, 5.41) is 0. The monoisotopic (exact) mass is 244 g/mol. The van der Waals surface area contributed by atoms with E-state index < -0.39 is 5.91 Å². The van der Waals surface area contributed by atoms with E-state index in [1.165, 1.54) is 12.3 Å². The van der Waals surface area contributed by atoms with Crippen LogP contribution in [0, 0.1) is 6.92 Å². The minimum absolute atomic E-state index is 0.181. The van der Waals surface area contributed by atoms with Crippen LogP contribution in [0.15, 0.2) is 30.6 Å². The van der Waals surface area contributed by atoms with Crippen LogP contribution in [0.1, 0.15) is 16.1 Å². The zero-order valence-electron chi connectivity index (χ0n) is 9.75. The summed E-state index contributed by atoms with van der Waals surface area (Å²) in [5.41, 5.74) is 12.0. The highest BCUT2D eigenvalue weighted by atomic mass is 16.5. The van der Waals surface area contributed by atoms with Gasteiger partial charge in [-0.15, -0.1) is 0 Å². The molecule has 2 rings (SSSR count). The van der Waals surface area contributed by atoms with E-state index >= 15 is 0 Å². The van der Waals surface area contributed by atoms with E-state index in [1.807, 2.05) is 13.0 Å². The number of pyridine rings is 2. The van der Waals surface area contributed by atoms with Crippen LogP contribution in [-0.2, 0) is 0 Å². The van der Waals surface area contributed by atoms with Gasteiger partial charge in [-0.05, 0) is 19.1 Å². The van der Waals surface area contributed by atoms with Crippen molar-refractivity contribution in [3.05, 3.63) is 41.9 Å². The molecule has 0 aliphatic heterocycles. The summed E-state index contributed by atoms with van der Waals surface area (Å²) in [6.45, 7) is 1.87. The van der Waals surface area contributed by atoms with Crippen LogP contribution >= 0.6 is 0 Å². The van der Waals surface area contributed by atoms with Gasteiger partial charge in [-0.1, -0.05) is 0 Å². The van der Waals surface area contributed by atoms with Gasteiger partial charge in [0.1, 0.15) is 5.75 Å². The molecule has 6 nitrogen and oxygen atoms in total. The Morgan fingerprint density at radius 1 is 1.28 bits per heavy atom. The SMILES string of the molecule is Cc1ccc(Oc2cc(C(N)=O)c(N)cn2)cn1. The fraction of sp³-hybridized carbons (Fsp3) is 0.0833. The lowest BCUT2D eigenvalue weighted by molar-refractivity contribution is 0.100. The molecule has 4 N–H and O–H groups in total. The lowest BCUT2D eigenvalue weighted by Gasteiger charge is -2.06. The summed E-state index contributed by atoms with van der Waals surface area (Å²) in [5.74, 6) is 0.138. The highest BCUT2D eigenvalue weighted by Gasteiger charge is 2.09. The van der Waals surface area contributed by atoms with Gasteiger partial charge in [0.05, 0.1) is 23.6 Å². The second-order valence-electron chi connectivity index (χ2n) is 3.71. The number of carbonyl (C=O) groups is 1. The summed E-state index contributed by atoms with van der Waals surface area (Å²) in [4.78, 5) is 19.2. The summed E-state index contributed by atoms with van der Waals surface area (Å²) >= 11 is 0. The predicted molar refractivity (Wildman–Crippen MR) is 66.2 cm³/mol. The fourth-order valence-electron chi connectivity index (χ4n) is 1.35. The summed E-state index contributed by atoms with van der Waals surface area (Å²) in [6, 6.07) is 4.96. The van der Waals surface area contributed by atoms with E-state index in [-0.39, 0.29) is 17.1 Å². The normalized spacial score (nSPS) is 10.1. The molecule has 0 aliphatic rings. The van der Waals surface area contributed by atoms with Gasteiger partial charge < -0.3 is 16.2 Å². The molecule has 0 unspecified atom stereocenters. The van der Waals surface area contributed by atoms with Crippen LogP contribution in [0.25, 0.3) is 0 Å². The number of nitrogen functional groups attached to an aromatic ring is 1. The molecule has 92 valence electrons. The van der Waals surface area contributed by atoms with Crippen molar-refractivity contribution in [2.75, 3.05) is 5.73 Å². The zero-order valence-corrected chi connectivity index (χ0v) is 9.75. The Morgan fingerprint density at radius 2 is 2.06 bits per heavy atom. The number of primary amides is 1. The van der Waals surface area contributed by atoms with Crippen molar-refractivity contribution in [2.24, 2.45) is 5.73 Å². The number of anilines is 1. The van der Waals surface area contributed by atoms with Crippen molar-refractivity contribution in [1.29, 1.82) is 0 Å². The summed E-state index contributed by atoms with van der Waals surface area (Å²) < 4.78 is 5.44. The van der Waals surface area contributed by atoms with Gasteiger partial charge in [-0.25, -0.2) is 4.98 Å². The number of aromatic nitrogens is 2. The number of carbonyl (C=O) groups excluding carboxylic acids is 1. The van der Waals surface area contributed by atoms with Gasteiger partial charge in [0.15, 0.2) is 0 Å². The summed E-state index contributed by atoms with van der Waals surface area (Å²) in [6.07, 6.45) is 2.90. The van der Waals surface area contributed by atoms with Crippen LogP contribution in [0.4, 0.5) is 5.69 Å². The number of ether oxygens (including phenoxy) is 1. The first kappa shape index (κ1) is 11.8. The van der Waals surface area contributed by atoms with E-state index in [0.29, 0.717) is 5.75 Å². The molecule has 0 saturated carbocycles. The lowest BCUT2D eigenvalue weighted by Crippen LogP contribution is -2.13. The quantitative estimate of drug-likeness (QED) is 0.845. The maximum atomic E-state index is 11.1. The summed E-state index contributed by atoms with van der Waals surface area (Å²) in [7, 11) is 0. The molecule has 2 heterocycles. The maximum absolute atomic E-state index is 11.1. The molecule has 6 heteroatoms. The molecule has 0 spiro atoms. The topological polar surface area (TPSA) is 104 Å². The Hall–Kier alpha value is -2.63. The van der Waals surface area contributed by atoms with Crippen molar-refractivity contribution < 1.29 is 9.53 Å². The molecular formula is C12H12N4O2. The molecule has 2 aromatic heterocycles. The number of nitrogens with two attached hydrogens (primary N) is 2. The first-order valence-electron chi connectivity index (χ1n) is 5.22. The average Bonchev–Trinajstić information content (AvgIpc) is 2.34. The third kappa shape index (κ3) is 2.54. The van der Waals surface area contributed by atoms with Crippen LogP contribution in [0.2, 0.25) is 0 Å². The molecule has 0 aliphatic carbocycles. The van der Waals surface area contributed by atoms with Crippen molar-refractivity contribution in [3.63, 3.8) is 0 Å². The molecular weight excluding hydrogens is 232 g/mol. The smallest absolute Gasteiger partial charge is 0.251 e. The van der Waals surface area contributed by atoms with Gasteiger partial charge in [-0.2, -0.15) is 0 Å². The lowest BCUT2D eigenvalue weighted by atomic mass is 10.2. The fourth-order valence-corrected chi connectivity index (χ4v) is 1.35. The Labute approximate surface area is 104 Å². The minimum atomic E-state index is -0.623. The van der Waals surface area contributed by atoms with Gasteiger partial charge in [0.25, 0.3) is 5.91 Å². The molecule has 0 atom stereocenters. The number of aryl methyl sites for hydroxylation is 1. The molecule has 18 heavy (non-hydrogen) atoms. The first-order valence-corrected chi connectivity index (χ1v) is 5.22. The van der Waals surface area contributed by atoms with E-state index in [4.69, 9.17) is 16.2 Å². The van der Waals surface area contributed by atoms with E-state index in [9.17, 15) is 4.79 Å². The van der Waals surface area contributed by atoms with E-state index in [0.717, 1.165) is 5.69 Å². The molecule has 0 fully saturated rings. The Bertz CT molecular complexity index is 581. The molecule has 2 aromatic rings. The van der Waals surface area contributed by atoms with Gasteiger partial charge in [0, 0.05) is 11.8 Å². The highest BCUT2D eigenvalue weighted by Crippen LogP contribution is 2.21. The van der Waals surface area contributed by atoms with Crippen molar-refractivity contribution in [1.82, 2.24) is 9.97 Å². The number of amides is 1. The first-order chi connectivity index (χ1) is 8.56. The predicted octanol–water partition coefficient (Wildman–Crippen LogP) is 1.26. The largest absolute Gasteiger partial charge is 0.437 e. The third-order valence-corrected chi connectivity index (χ3v) is 2.28. The highest BCUT2D eigenvalue weighted by molar-refractivity contribution is 5.98. The van der Waals surface area contributed by atoms with Gasteiger partial charge >= 0.3 is 0 Å². The number of nitrogens with zero attached hydrogens (tertiary/aromatic N) is 2. The second-order valence-corrected chi connectivity index (χ2v) is 3.71. The molecule has 0 aromatic carbocycles. The van der Waals surface area contributed by atoms with E-state index in [1.54, 1.807) is 12.3 Å². The molecule has 0 saturated heterocycles. The zero-order chi connectivity index (χ0) is 13.1. The van der Waals surface area contributed by atoms with Crippen molar-refractivity contribution in [3.8, 4) is 11.6 Å². The molecule has 1 amide bonds. The van der Waals surface area contributed by atoms with E-state index in [2.05, 4.69) is 9.97 Å². The maximum Gasteiger partial charge on any atom is 0.251 e. The Morgan fingerprint density at radius 3 is 2.67 bits per heavy atom. The molecule has 0 radical (unpaired) electrons. The van der Waals surface area contributed by atoms with Crippen molar-refractivity contribution >= 4 is 11.6 Å². The Balaban J connectivity index is 2.27. The van der Waals surface area contributed by atoms with Crippen LogP contribution in [0.5, 0.6) is 11.6 Å². The second kappa shape index (κ2) is 4.70. The molecule has 0 bridgehead atoms. The Kier molecular flexibility index (Phi) is 3.09. The number of hydrogen-bond donors (Lipinski definition) is 2. The van der Waals surface area contributed by atoms with Gasteiger partial charge in [0.2, 0.25) is 5.88 Å². The van der Waals surface area contributed by atoms with Crippen LogP contribution in [-0.4, -0.2) is 15.9 Å². The number of hydrogen-bond acceptors (Lipinski definition) is 5. The standard InChI is InChI=1S/C12H12N4O2/c1-7-2-3-8(5-15-7)18-11-4-9(12(14)17)10(13)6-16-11/h2-6H,13H2,1H3,(H2,14,17). The average molecular weight is 244 g/mol. The van der Waals surface area contributed by atoms with Crippen LogP contribution in [0.3, 0.4) is 0 Å². The number of rotatable bonds is 3.